The molecule has 0 saturated carbocycles. The van der Waals surface area contributed by atoms with Crippen molar-refractivity contribution >= 4 is 50.3 Å². The van der Waals surface area contributed by atoms with Gasteiger partial charge in [0, 0.05) is 24.2 Å². The highest BCUT2D eigenvalue weighted by Gasteiger charge is 2.29. The van der Waals surface area contributed by atoms with Crippen molar-refractivity contribution in [1.82, 2.24) is 14.9 Å². The number of likely N-dealkylation sites (tertiary alicyclic amines) is 1. The van der Waals surface area contributed by atoms with Crippen LogP contribution in [-0.2, 0) is 22.5 Å². The van der Waals surface area contributed by atoms with Crippen molar-refractivity contribution in [3.8, 4) is 16.9 Å². The first-order valence-electron chi connectivity index (χ1n) is 19.8. The molecular weight excluding hydrogens is 739 g/mol. The standard InChI is InChI=1S/C45H51N5O6S/c1-28-32(13-9-16-37(28)55-26-10-11-30-20-23-49(24-21-30)29(2)42(52)53)33-18-19-39(47-40(33)43(54)56-45(3,4)5)50-25-22-31-12-8-14-34(35(31)27-50)41(51)48-44-46-36-15-6-7-17-38(36)57-44/h6-9,12-19,29-30H,10-11,20-27H2,1-5H3,(H,52,53)(H,46,48,51)/t29-/m1/s1. The Labute approximate surface area is 338 Å². The molecular formula is C45H51N5O6S. The molecule has 0 unspecified atom stereocenters. The number of aromatic nitrogens is 2. The molecule has 7 rings (SSSR count). The molecule has 0 aliphatic carbocycles. The number of carbonyl (C=O) groups is 3. The number of nitrogens with zero attached hydrogens (tertiary/aromatic N) is 4. The van der Waals surface area contributed by atoms with Crippen LogP contribution in [0.5, 0.6) is 5.75 Å². The molecule has 2 aliphatic rings. The molecule has 0 radical (unpaired) electrons. The van der Waals surface area contributed by atoms with Crippen LogP contribution in [0.2, 0.25) is 0 Å². The van der Waals surface area contributed by atoms with E-state index in [4.69, 9.17) is 14.5 Å². The van der Waals surface area contributed by atoms with E-state index in [1.165, 1.54) is 11.3 Å². The van der Waals surface area contributed by atoms with Gasteiger partial charge in [0.2, 0.25) is 0 Å². The Hall–Kier alpha value is -5.33. The van der Waals surface area contributed by atoms with Crippen LogP contribution in [0.1, 0.15) is 90.9 Å². The van der Waals surface area contributed by atoms with Crippen LogP contribution in [-0.4, -0.2) is 75.7 Å². The van der Waals surface area contributed by atoms with Crippen LogP contribution >= 0.6 is 11.3 Å². The Kier molecular flexibility index (Phi) is 11.9. The summed E-state index contributed by atoms with van der Waals surface area (Å²) in [6.45, 7) is 12.6. The van der Waals surface area contributed by atoms with E-state index in [9.17, 15) is 19.5 Å². The molecule has 0 bridgehead atoms. The van der Waals surface area contributed by atoms with Crippen LogP contribution < -0.4 is 15.0 Å². The number of hydrogen-bond donors (Lipinski definition) is 2. The Morgan fingerprint density at radius 2 is 1.72 bits per heavy atom. The normalized spacial score (nSPS) is 15.6. The number of amides is 1. The van der Waals surface area contributed by atoms with E-state index in [1.54, 1.807) is 6.92 Å². The fourth-order valence-corrected chi connectivity index (χ4v) is 8.67. The highest BCUT2D eigenvalue weighted by molar-refractivity contribution is 7.22. The molecule has 12 heteroatoms. The molecule has 2 N–H and O–H groups in total. The van der Waals surface area contributed by atoms with Crippen molar-refractivity contribution in [3.05, 3.63) is 101 Å². The quantitative estimate of drug-likeness (QED) is 0.0934. The molecule has 1 fully saturated rings. The SMILES string of the molecule is Cc1c(OCCCC2CCN([C@H](C)C(=O)O)CC2)cccc1-c1ccc(N2CCc3cccc(C(=O)Nc4nc5ccccc5s4)c3C2)nc1C(=O)OC(C)(C)C. The number of carboxylic acids is 1. The maximum absolute atomic E-state index is 13.9. The third-order valence-corrected chi connectivity index (χ3v) is 11.9. The topological polar surface area (TPSA) is 134 Å². The number of ether oxygens (including phenoxy) is 2. The number of fused-ring (bicyclic) bond motifs is 2. The van der Waals surface area contributed by atoms with Crippen molar-refractivity contribution in [3.63, 3.8) is 0 Å². The zero-order valence-electron chi connectivity index (χ0n) is 33.3. The zero-order chi connectivity index (χ0) is 40.3. The molecule has 11 nitrogen and oxygen atoms in total. The molecule has 4 heterocycles. The number of pyridine rings is 1. The first-order chi connectivity index (χ1) is 27.3. The summed E-state index contributed by atoms with van der Waals surface area (Å²) in [5.41, 5.74) is 5.36. The number of aliphatic carboxylic acids is 1. The lowest BCUT2D eigenvalue weighted by atomic mass is 9.91. The molecule has 1 saturated heterocycles. The zero-order valence-corrected chi connectivity index (χ0v) is 34.2. The van der Waals surface area contributed by atoms with Gasteiger partial charge in [0.15, 0.2) is 10.8 Å². The monoisotopic (exact) mass is 789 g/mol. The average molecular weight is 790 g/mol. The average Bonchev–Trinajstić information content (AvgIpc) is 3.61. The van der Waals surface area contributed by atoms with Gasteiger partial charge in [-0.25, -0.2) is 14.8 Å². The second-order valence-electron chi connectivity index (χ2n) is 16.0. The summed E-state index contributed by atoms with van der Waals surface area (Å²) in [5.74, 6) is 0.441. The van der Waals surface area contributed by atoms with Crippen molar-refractivity contribution in [2.75, 3.05) is 36.5 Å². The van der Waals surface area contributed by atoms with E-state index in [0.29, 0.717) is 54.1 Å². The minimum atomic E-state index is -0.767. The summed E-state index contributed by atoms with van der Waals surface area (Å²) < 4.78 is 13.2. The number of rotatable bonds is 12. The lowest BCUT2D eigenvalue weighted by molar-refractivity contribution is -0.143. The molecule has 298 valence electrons. The number of anilines is 2. The maximum atomic E-state index is 13.9. The van der Waals surface area contributed by atoms with Gasteiger partial charge in [0.1, 0.15) is 23.2 Å². The molecule has 2 aliphatic heterocycles. The van der Waals surface area contributed by atoms with Crippen molar-refractivity contribution in [2.24, 2.45) is 5.92 Å². The van der Waals surface area contributed by atoms with E-state index in [2.05, 4.69) is 21.3 Å². The van der Waals surface area contributed by atoms with E-state index in [-0.39, 0.29) is 11.6 Å². The van der Waals surface area contributed by atoms with Crippen LogP contribution in [0.25, 0.3) is 21.3 Å². The van der Waals surface area contributed by atoms with Gasteiger partial charge in [-0.05, 0) is 144 Å². The number of carbonyl (C=O) groups excluding carboxylic acids is 2. The van der Waals surface area contributed by atoms with Crippen molar-refractivity contribution in [2.45, 2.75) is 84.9 Å². The number of carboxylic acid groups (broad SMARTS) is 1. The molecule has 0 spiro atoms. The van der Waals surface area contributed by atoms with Crippen LogP contribution in [0.3, 0.4) is 0 Å². The van der Waals surface area contributed by atoms with Gasteiger partial charge in [-0.2, -0.15) is 0 Å². The summed E-state index contributed by atoms with van der Waals surface area (Å²) in [5, 5.41) is 12.9. The minimum absolute atomic E-state index is 0.212. The van der Waals surface area contributed by atoms with E-state index in [1.807, 2.05) is 99.3 Å². The highest BCUT2D eigenvalue weighted by Crippen LogP contribution is 2.36. The number of hydrogen-bond acceptors (Lipinski definition) is 10. The number of esters is 1. The second kappa shape index (κ2) is 17.0. The number of nitrogens with one attached hydrogen (secondary N) is 1. The Balaban J connectivity index is 1.08. The Morgan fingerprint density at radius 1 is 0.947 bits per heavy atom. The van der Waals surface area contributed by atoms with E-state index in [0.717, 1.165) is 77.0 Å². The molecule has 2 aromatic heterocycles. The van der Waals surface area contributed by atoms with Gasteiger partial charge < -0.3 is 19.5 Å². The van der Waals surface area contributed by atoms with Gasteiger partial charge in [0.25, 0.3) is 5.91 Å². The number of thiazole rings is 1. The van der Waals surface area contributed by atoms with Gasteiger partial charge in [-0.3, -0.25) is 19.8 Å². The Bertz CT molecular complexity index is 2240. The molecule has 1 amide bonds. The second-order valence-corrected chi connectivity index (χ2v) is 17.1. The van der Waals surface area contributed by atoms with Crippen LogP contribution in [0, 0.1) is 12.8 Å². The summed E-state index contributed by atoms with van der Waals surface area (Å²) in [4.78, 5) is 52.7. The number of benzene rings is 3. The number of piperidine rings is 1. The third kappa shape index (κ3) is 9.29. The van der Waals surface area contributed by atoms with Crippen LogP contribution in [0.15, 0.2) is 72.8 Å². The summed E-state index contributed by atoms with van der Waals surface area (Å²) in [6, 6.07) is 22.9. The maximum Gasteiger partial charge on any atom is 0.358 e. The fraction of sp³-hybridized carbons (Fsp3) is 0.400. The van der Waals surface area contributed by atoms with Gasteiger partial charge in [0.05, 0.1) is 16.8 Å². The van der Waals surface area contributed by atoms with Gasteiger partial charge in [-0.1, -0.05) is 47.7 Å². The van der Waals surface area contributed by atoms with Crippen molar-refractivity contribution in [1.29, 1.82) is 0 Å². The third-order valence-electron chi connectivity index (χ3n) is 11.0. The predicted octanol–water partition coefficient (Wildman–Crippen LogP) is 8.78. The smallest absolute Gasteiger partial charge is 0.358 e. The number of para-hydroxylation sites is 1. The minimum Gasteiger partial charge on any atom is -0.493 e. The van der Waals surface area contributed by atoms with Crippen LogP contribution in [0.4, 0.5) is 10.9 Å². The first kappa shape index (κ1) is 39.9. The fourth-order valence-electron chi connectivity index (χ4n) is 7.81. The van der Waals surface area contributed by atoms with Gasteiger partial charge in [-0.15, -0.1) is 0 Å². The largest absolute Gasteiger partial charge is 0.493 e. The molecule has 57 heavy (non-hydrogen) atoms. The Morgan fingerprint density at radius 3 is 2.47 bits per heavy atom. The van der Waals surface area contributed by atoms with Gasteiger partial charge >= 0.3 is 11.9 Å². The molecule has 1 atom stereocenters. The summed E-state index contributed by atoms with van der Waals surface area (Å²) in [7, 11) is 0. The summed E-state index contributed by atoms with van der Waals surface area (Å²) >= 11 is 1.45. The summed E-state index contributed by atoms with van der Waals surface area (Å²) in [6.07, 6.45) is 4.62. The highest BCUT2D eigenvalue weighted by atomic mass is 32.1. The molecule has 3 aromatic carbocycles. The molecule has 5 aromatic rings. The first-order valence-corrected chi connectivity index (χ1v) is 20.6. The van der Waals surface area contributed by atoms with Crippen molar-refractivity contribution < 1.29 is 29.0 Å². The lowest BCUT2D eigenvalue weighted by Crippen LogP contribution is -2.43. The lowest BCUT2D eigenvalue weighted by Gasteiger charge is -2.34. The van der Waals surface area contributed by atoms with E-state index < -0.39 is 23.6 Å². The predicted molar refractivity (Wildman–Crippen MR) is 224 cm³/mol. The van der Waals surface area contributed by atoms with E-state index >= 15 is 0 Å².